The van der Waals surface area contributed by atoms with Gasteiger partial charge in [0.2, 0.25) is 5.91 Å². The molecule has 0 unspecified atom stereocenters. The molecule has 1 rings (SSSR count). The smallest absolute Gasteiger partial charge is 0.261 e. The standard InChI is InChI=1S/C13H19N3O3/c1-13(2,3)8-6-7(10(14)17)9(11(18)15-8)12(19)16(4)5/h6H,1-5H3,(H2,14,17)(H,15,18). The van der Waals surface area contributed by atoms with Crippen LogP contribution in [0.15, 0.2) is 10.9 Å². The zero-order chi connectivity index (χ0) is 15.0. The average molecular weight is 265 g/mol. The Morgan fingerprint density at radius 2 is 1.79 bits per heavy atom. The number of nitrogens with two attached hydrogens (primary N) is 1. The molecule has 0 radical (unpaired) electrons. The highest BCUT2D eigenvalue weighted by Gasteiger charge is 2.25. The summed E-state index contributed by atoms with van der Waals surface area (Å²) in [5.41, 5.74) is 4.61. The summed E-state index contributed by atoms with van der Waals surface area (Å²) < 4.78 is 0. The highest BCUT2D eigenvalue weighted by atomic mass is 16.2. The van der Waals surface area contributed by atoms with Crippen LogP contribution < -0.4 is 11.3 Å². The topological polar surface area (TPSA) is 96.3 Å². The molecule has 0 aliphatic carbocycles. The number of rotatable bonds is 2. The summed E-state index contributed by atoms with van der Waals surface area (Å²) >= 11 is 0. The minimum absolute atomic E-state index is 0.0487. The van der Waals surface area contributed by atoms with Gasteiger partial charge < -0.3 is 15.6 Å². The molecule has 0 fully saturated rings. The van der Waals surface area contributed by atoms with Crippen LogP contribution in [0, 0.1) is 0 Å². The van der Waals surface area contributed by atoms with E-state index in [2.05, 4.69) is 4.98 Å². The van der Waals surface area contributed by atoms with Gasteiger partial charge in [0.1, 0.15) is 5.56 Å². The molecule has 3 N–H and O–H groups in total. The first-order chi connectivity index (χ1) is 8.55. The fraction of sp³-hybridized carbons (Fsp3) is 0.462. The third kappa shape index (κ3) is 3.01. The van der Waals surface area contributed by atoms with Gasteiger partial charge in [-0.3, -0.25) is 14.4 Å². The van der Waals surface area contributed by atoms with Crippen LogP contribution in [0.3, 0.4) is 0 Å². The average Bonchev–Trinajstić information content (AvgIpc) is 2.25. The van der Waals surface area contributed by atoms with Gasteiger partial charge in [-0.15, -0.1) is 0 Å². The van der Waals surface area contributed by atoms with Crippen molar-refractivity contribution in [1.82, 2.24) is 9.88 Å². The third-order valence-electron chi connectivity index (χ3n) is 2.73. The molecular formula is C13H19N3O3. The highest BCUT2D eigenvalue weighted by molar-refractivity contribution is 6.06. The predicted molar refractivity (Wildman–Crippen MR) is 72.3 cm³/mol. The summed E-state index contributed by atoms with van der Waals surface area (Å²) in [4.78, 5) is 39.3. The Balaban J connectivity index is 3.63. The number of hydrogen-bond donors (Lipinski definition) is 2. The summed E-state index contributed by atoms with van der Waals surface area (Å²) in [5, 5.41) is 0. The van der Waals surface area contributed by atoms with Crippen LogP contribution in [0.4, 0.5) is 0 Å². The number of primary amides is 1. The van der Waals surface area contributed by atoms with Crippen LogP contribution in [0.1, 0.15) is 47.2 Å². The van der Waals surface area contributed by atoms with Gasteiger partial charge in [-0.1, -0.05) is 20.8 Å². The lowest BCUT2D eigenvalue weighted by Gasteiger charge is -2.20. The Bertz CT molecular complexity index is 580. The van der Waals surface area contributed by atoms with E-state index in [0.29, 0.717) is 5.69 Å². The number of aromatic nitrogens is 1. The first-order valence-electron chi connectivity index (χ1n) is 5.85. The lowest BCUT2D eigenvalue weighted by atomic mass is 9.90. The summed E-state index contributed by atoms with van der Waals surface area (Å²) in [5.74, 6) is -1.34. The summed E-state index contributed by atoms with van der Waals surface area (Å²) in [6, 6.07) is 1.47. The number of pyridine rings is 1. The second-order valence-electron chi connectivity index (χ2n) is 5.61. The van der Waals surface area contributed by atoms with Gasteiger partial charge in [0.05, 0.1) is 5.56 Å². The van der Waals surface area contributed by atoms with Crippen molar-refractivity contribution in [1.29, 1.82) is 0 Å². The van der Waals surface area contributed by atoms with Crippen molar-refractivity contribution in [2.24, 2.45) is 5.73 Å². The molecule has 0 saturated heterocycles. The van der Waals surface area contributed by atoms with E-state index in [9.17, 15) is 14.4 Å². The maximum atomic E-state index is 12.0. The van der Waals surface area contributed by atoms with Gasteiger partial charge in [-0.25, -0.2) is 0 Å². The number of hydrogen-bond acceptors (Lipinski definition) is 3. The fourth-order valence-electron chi connectivity index (χ4n) is 1.59. The van der Waals surface area contributed by atoms with E-state index in [4.69, 9.17) is 5.73 Å². The highest BCUT2D eigenvalue weighted by Crippen LogP contribution is 2.20. The molecule has 0 aliphatic heterocycles. The quantitative estimate of drug-likeness (QED) is 0.813. The van der Waals surface area contributed by atoms with Crippen LogP contribution in [0.25, 0.3) is 0 Å². The summed E-state index contributed by atoms with van der Waals surface area (Å²) in [6.45, 7) is 5.66. The molecule has 0 aromatic carbocycles. The molecule has 0 spiro atoms. The molecule has 0 bridgehead atoms. The first-order valence-corrected chi connectivity index (χ1v) is 5.85. The van der Waals surface area contributed by atoms with E-state index >= 15 is 0 Å². The SMILES string of the molecule is CN(C)C(=O)c1c(C(N)=O)cc(C(C)(C)C)[nH]c1=O. The number of H-pyrrole nitrogens is 1. The third-order valence-corrected chi connectivity index (χ3v) is 2.73. The predicted octanol–water partition coefficient (Wildman–Crippen LogP) is 0.473. The molecule has 1 aromatic heterocycles. The zero-order valence-corrected chi connectivity index (χ0v) is 11.8. The van der Waals surface area contributed by atoms with E-state index in [1.54, 1.807) is 0 Å². The van der Waals surface area contributed by atoms with Crippen LogP contribution in [-0.2, 0) is 5.41 Å². The van der Waals surface area contributed by atoms with Gasteiger partial charge in [0.25, 0.3) is 11.5 Å². The maximum Gasteiger partial charge on any atom is 0.261 e. The van der Waals surface area contributed by atoms with Crippen molar-refractivity contribution < 1.29 is 9.59 Å². The van der Waals surface area contributed by atoms with E-state index in [0.717, 1.165) is 0 Å². The monoisotopic (exact) mass is 265 g/mol. The molecule has 19 heavy (non-hydrogen) atoms. The Kier molecular flexibility index (Phi) is 3.83. The normalized spacial score (nSPS) is 11.2. The molecule has 104 valence electrons. The van der Waals surface area contributed by atoms with Crippen LogP contribution in [0.2, 0.25) is 0 Å². The minimum Gasteiger partial charge on any atom is -0.366 e. The molecule has 6 heteroatoms. The molecule has 2 amide bonds. The molecular weight excluding hydrogens is 246 g/mol. The number of aromatic amines is 1. The fourth-order valence-corrected chi connectivity index (χ4v) is 1.59. The van der Waals surface area contributed by atoms with Crippen molar-refractivity contribution in [2.75, 3.05) is 14.1 Å². The van der Waals surface area contributed by atoms with E-state index < -0.39 is 17.4 Å². The van der Waals surface area contributed by atoms with Crippen LogP contribution >= 0.6 is 0 Å². The summed E-state index contributed by atoms with van der Waals surface area (Å²) in [6.07, 6.45) is 0. The largest absolute Gasteiger partial charge is 0.366 e. The van der Waals surface area contributed by atoms with Crippen molar-refractivity contribution in [3.05, 3.63) is 33.2 Å². The number of carbonyl (C=O) groups excluding carboxylic acids is 2. The number of amides is 2. The maximum absolute atomic E-state index is 12.0. The van der Waals surface area contributed by atoms with Crippen molar-refractivity contribution in [3.8, 4) is 0 Å². The van der Waals surface area contributed by atoms with Gasteiger partial charge in [0.15, 0.2) is 0 Å². The lowest BCUT2D eigenvalue weighted by molar-refractivity contribution is 0.0818. The number of carbonyl (C=O) groups is 2. The van der Waals surface area contributed by atoms with Crippen molar-refractivity contribution in [3.63, 3.8) is 0 Å². The Labute approximate surface area is 111 Å². The molecule has 6 nitrogen and oxygen atoms in total. The molecule has 1 aromatic rings. The van der Waals surface area contributed by atoms with Gasteiger partial charge in [-0.05, 0) is 6.07 Å². The van der Waals surface area contributed by atoms with E-state index in [1.807, 2.05) is 20.8 Å². The molecule has 1 heterocycles. The van der Waals surface area contributed by atoms with Gasteiger partial charge in [0, 0.05) is 25.2 Å². The second-order valence-corrected chi connectivity index (χ2v) is 5.61. The Morgan fingerprint density at radius 1 is 1.26 bits per heavy atom. The van der Waals surface area contributed by atoms with Crippen molar-refractivity contribution >= 4 is 11.8 Å². The lowest BCUT2D eigenvalue weighted by Crippen LogP contribution is -2.34. The van der Waals surface area contributed by atoms with Crippen molar-refractivity contribution in [2.45, 2.75) is 26.2 Å². The Morgan fingerprint density at radius 3 is 2.16 bits per heavy atom. The number of nitrogens with one attached hydrogen (secondary N) is 1. The molecule has 0 aliphatic rings. The minimum atomic E-state index is -0.790. The van der Waals surface area contributed by atoms with Gasteiger partial charge >= 0.3 is 0 Å². The zero-order valence-electron chi connectivity index (χ0n) is 11.8. The number of nitrogens with zero attached hydrogens (tertiary/aromatic N) is 1. The van der Waals surface area contributed by atoms with Crippen LogP contribution in [0.5, 0.6) is 0 Å². The molecule has 0 saturated carbocycles. The summed E-state index contributed by atoms with van der Waals surface area (Å²) in [7, 11) is 3.01. The van der Waals surface area contributed by atoms with E-state index in [-0.39, 0.29) is 16.5 Å². The van der Waals surface area contributed by atoms with Gasteiger partial charge in [-0.2, -0.15) is 0 Å². The molecule has 0 atom stereocenters. The second kappa shape index (κ2) is 4.87. The van der Waals surface area contributed by atoms with Crippen LogP contribution in [-0.4, -0.2) is 35.8 Å². The first kappa shape index (κ1) is 14.9. The van der Waals surface area contributed by atoms with E-state index in [1.165, 1.54) is 25.1 Å². The Hall–Kier alpha value is -2.11.